The first-order valence-electron chi connectivity index (χ1n) is 13.9. The van der Waals surface area contributed by atoms with E-state index in [4.69, 9.17) is 6.42 Å². The fourth-order valence-electron chi connectivity index (χ4n) is 10.2. The first-order chi connectivity index (χ1) is 15.7. The van der Waals surface area contributed by atoms with E-state index in [-0.39, 0.29) is 45.0 Å². The van der Waals surface area contributed by atoms with Gasteiger partial charge in [0.05, 0.1) is 6.10 Å². The highest BCUT2D eigenvalue weighted by atomic mass is 16.3. The molecular weight excluding hydrogens is 416 g/mol. The van der Waals surface area contributed by atoms with Gasteiger partial charge in [0.2, 0.25) is 0 Å². The van der Waals surface area contributed by atoms with Crippen molar-refractivity contribution in [3.05, 3.63) is 23.3 Å². The summed E-state index contributed by atoms with van der Waals surface area (Å²) in [4.78, 5) is 0. The fourth-order valence-corrected chi connectivity index (χ4v) is 10.2. The van der Waals surface area contributed by atoms with E-state index >= 15 is 0 Å². The molecule has 0 aromatic heterocycles. The number of aliphatic hydroxyl groups is 2. The summed E-state index contributed by atoms with van der Waals surface area (Å²) in [5.41, 5.74) is 3.79. The van der Waals surface area contributed by atoms with E-state index in [2.05, 4.69) is 66.5 Å². The quantitative estimate of drug-likeness (QED) is 0.413. The molecule has 9 atom stereocenters. The van der Waals surface area contributed by atoms with Gasteiger partial charge in [-0.1, -0.05) is 66.2 Å². The summed E-state index contributed by atoms with van der Waals surface area (Å²) in [6, 6.07) is 0. The number of terminal acetylenes is 1. The van der Waals surface area contributed by atoms with E-state index < -0.39 is 6.10 Å². The fraction of sp³-hybridized carbons (Fsp3) is 0.812. The number of fused-ring (bicyclic) bond motifs is 6. The molecule has 5 aliphatic carbocycles. The lowest BCUT2D eigenvalue weighted by Gasteiger charge is -2.70. The van der Waals surface area contributed by atoms with Crippen molar-refractivity contribution in [2.75, 3.05) is 6.61 Å². The Morgan fingerprint density at radius 2 is 1.68 bits per heavy atom. The topological polar surface area (TPSA) is 40.5 Å². The van der Waals surface area contributed by atoms with Crippen LogP contribution < -0.4 is 0 Å². The van der Waals surface area contributed by atoms with Gasteiger partial charge in [0.1, 0.15) is 0 Å². The molecule has 0 aliphatic heterocycles. The Morgan fingerprint density at radius 1 is 1.00 bits per heavy atom. The molecule has 188 valence electrons. The highest BCUT2D eigenvalue weighted by Gasteiger charge is 2.67. The van der Waals surface area contributed by atoms with Crippen molar-refractivity contribution >= 4 is 0 Å². The van der Waals surface area contributed by atoms with Gasteiger partial charge in [-0.2, -0.15) is 0 Å². The molecular formula is C32H48O2. The average molecular weight is 465 g/mol. The molecule has 0 unspecified atom stereocenters. The van der Waals surface area contributed by atoms with Crippen LogP contribution in [0.25, 0.3) is 0 Å². The van der Waals surface area contributed by atoms with E-state index in [0.29, 0.717) is 11.8 Å². The summed E-state index contributed by atoms with van der Waals surface area (Å²) in [5.74, 6) is 3.86. The van der Waals surface area contributed by atoms with Crippen LogP contribution in [0.3, 0.4) is 0 Å². The van der Waals surface area contributed by atoms with Crippen molar-refractivity contribution in [2.24, 2.45) is 50.2 Å². The molecule has 2 nitrogen and oxygen atoms in total. The monoisotopic (exact) mass is 464 g/mol. The van der Waals surface area contributed by atoms with Crippen LogP contribution in [0, 0.1) is 62.6 Å². The molecule has 5 aliphatic rings. The van der Waals surface area contributed by atoms with Crippen molar-refractivity contribution in [3.8, 4) is 12.3 Å². The zero-order valence-electron chi connectivity index (χ0n) is 22.8. The van der Waals surface area contributed by atoms with Gasteiger partial charge < -0.3 is 10.2 Å². The van der Waals surface area contributed by atoms with Gasteiger partial charge in [0.25, 0.3) is 0 Å². The molecule has 0 aromatic rings. The number of aliphatic hydroxyl groups excluding tert-OH is 2. The van der Waals surface area contributed by atoms with Crippen LogP contribution in [-0.2, 0) is 0 Å². The minimum Gasteiger partial charge on any atom is -0.396 e. The van der Waals surface area contributed by atoms with Crippen molar-refractivity contribution in [3.63, 3.8) is 0 Å². The minimum atomic E-state index is -0.422. The predicted molar refractivity (Wildman–Crippen MR) is 140 cm³/mol. The Labute approximate surface area is 208 Å². The molecule has 0 bridgehead atoms. The van der Waals surface area contributed by atoms with Crippen molar-refractivity contribution in [1.29, 1.82) is 0 Å². The molecule has 0 radical (unpaired) electrons. The van der Waals surface area contributed by atoms with Crippen LogP contribution >= 0.6 is 0 Å². The third kappa shape index (κ3) is 2.90. The molecule has 2 N–H and O–H groups in total. The second-order valence-corrected chi connectivity index (χ2v) is 15.0. The first kappa shape index (κ1) is 24.6. The van der Waals surface area contributed by atoms with Crippen molar-refractivity contribution in [2.45, 2.75) is 106 Å². The molecule has 34 heavy (non-hydrogen) atoms. The second-order valence-electron chi connectivity index (χ2n) is 15.0. The van der Waals surface area contributed by atoms with Crippen LogP contribution in [0.1, 0.15) is 99.8 Å². The summed E-state index contributed by atoms with van der Waals surface area (Å²) >= 11 is 0. The van der Waals surface area contributed by atoms with Crippen LogP contribution in [0.2, 0.25) is 0 Å². The van der Waals surface area contributed by atoms with Gasteiger partial charge in [0.15, 0.2) is 0 Å². The lowest BCUT2D eigenvalue weighted by Crippen LogP contribution is -2.64. The van der Waals surface area contributed by atoms with Gasteiger partial charge in [-0.3, -0.25) is 0 Å². The number of allylic oxidation sites excluding steroid dienone is 4. The SMILES string of the molecule is C#C[C@H]1C[C@@]2(C)[C@H](CC[C@]3(C)[C@@H]2C=CC2=C4C[C@@](C)(CO)CC[C@]4(C)CC[C@]23C)C(C)(C)[C@H]1O. The summed E-state index contributed by atoms with van der Waals surface area (Å²) < 4.78 is 0. The highest BCUT2D eigenvalue weighted by Crippen LogP contribution is 2.74. The Bertz CT molecular complexity index is 981. The van der Waals surface area contributed by atoms with E-state index in [1.54, 1.807) is 11.1 Å². The molecule has 2 heteroatoms. The van der Waals surface area contributed by atoms with Crippen LogP contribution in [0.15, 0.2) is 23.3 Å². The Hall–Kier alpha value is -1.04. The van der Waals surface area contributed by atoms with Crippen LogP contribution in [0.5, 0.6) is 0 Å². The van der Waals surface area contributed by atoms with Gasteiger partial charge in [0, 0.05) is 12.5 Å². The minimum absolute atomic E-state index is 0.0128. The van der Waals surface area contributed by atoms with Crippen molar-refractivity contribution < 1.29 is 10.2 Å². The van der Waals surface area contributed by atoms with Gasteiger partial charge in [-0.15, -0.1) is 12.3 Å². The molecule has 0 spiro atoms. The number of hydrogen-bond acceptors (Lipinski definition) is 2. The standard InChI is InChI=1S/C32H48O2/c1-9-21-18-30(6)24(27(2,3)26(21)34)12-13-32(8)25(30)11-10-22-23-19-28(4,20-33)14-15-29(23,5)16-17-31(22,32)7/h1,10-11,21,24-26,33-34H,12-20H2,2-8H3/t21-,24+,25+,26-,28-,29+,30-,31+,32+/m0/s1. The van der Waals surface area contributed by atoms with Gasteiger partial charge in [-0.25, -0.2) is 0 Å². The lowest BCUT2D eigenvalue weighted by atomic mass is 9.34. The Morgan fingerprint density at radius 3 is 2.32 bits per heavy atom. The highest BCUT2D eigenvalue weighted by molar-refractivity contribution is 5.45. The van der Waals surface area contributed by atoms with E-state index in [1.165, 1.54) is 32.1 Å². The molecule has 0 amide bonds. The Balaban J connectivity index is 1.65. The molecule has 3 fully saturated rings. The maximum absolute atomic E-state index is 11.2. The summed E-state index contributed by atoms with van der Waals surface area (Å²) in [6.45, 7) is 17.2. The van der Waals surface area contributed by atoms with Crippen LogP contribution in [-0.4, -0.2) is 22.9 Å². The predicted octanol–water partition coefficient (Wildman–Crippen LogP) is 6.92. The Kier molecular flexibility index (Phi) is 5.26. The summed E-state index contributed by atoms with van der Waals surface area (Å²) in [7, 11) is 0. The van der Waals surface area contributed by atoms with E-state index in [9.17, 15) is 10.2 Å². The maximum atomic E-state index is 11.2. The third-order valence-electron chi connectivity index (χ3n) is 12.9. The van der Waals surface area contributed by atoms with Gasteiger partial charge in [-0.05, 0) is 101 Å². The molecule has 0 aromatic carbocycles. The summed E-state index contributed by atoms with van der Waals surface area (Å²) in [5, 5.41) is 21.4. The second kappa shape index (κ2) is 7.26. The smallest absolute Gasteiger partial charge is 0.0731 e. The van der Waals surface area contributed by atoms with Gasteiger partial charge >= 0.3 is 0 Å². The molecule has 5 rings (SSSR count). The molecule has 0 heterocycles. The maximum Gasteiger partial charge on any atom is 0.0731 e. The third-order valence-corrected chi connectivity index (χ3v) is 12.9. The molecule has 3 saturated carbocycles. The van der Waals surface area contributed by atoms with Crippen molar-refractivity contribution in [1.82, 2.24) is 0 Å². The van der Waals surface area contributed by atoms with E-state index in [0.717, 1.165) is 19.3 Å². The first-order valence-corrected chi connectivity index (χ1v) is 13.9. The zero-order valence-corrected chi connectivity index (χ0v) is 22.8. The number of hydrogen-bond donors (Lipinski definition) is 2. The average Bonchev–Trinajstić information content (AvgIpc) is 2.78. The molecule has 0 saturated heterocycles. The summed E-state index contributed by atoms with van der Waals surface area (Å²) in [6.07, 6.45) is 19.9. The largest absolute Gasteiger partial charge is 0.396 e. The number of rotatable bonds is 1. The lowest BCUT2D eigenvalue weighted by molar-refractivity contribution is -0.193. The van der Waals surface area contributed by atoms with E-state index in [1.807, 2.05) is 0 Å². The zero-order chi connectivity index (χ0) is 24.9. The normalized spacial score (nSPS) is 53.8. The van der Waals surface area contributed by atoms with Crippen LogP contribution in [0.4, 0.5) is 0 Å².